The van der Waals surface area contributed by atoms with E-state index in [1.165, 1.54) is 7.11 Å². The van der Waals surface area contributed by atoms with Gasteiger partial charge in [0.1, 0.15) is 6.04 Å². The molecule has 3 rings (SSSR count). The number of ether oxygens (including phenoxy) is 1. The van der Waals surface area contributed by atoms with Crippen LogP contribution >= 0.6 is 0 Å². The SMILES string of the molecule is COC(=O)[C@@H](Cc1ccccc1)NC(=O)CN(C)c1ccc2ccccc2c1. The fourth-order valence-electron chi connectivity index (χ4n) is 3.15. The second-order valence-electron chi connectivity index (χ2n) is 6.72. The van der Waals surface area contributed by atoms with E-state index in [0.29, 0.717) is 6.42 Å². The minimum atomic E-state index is -0.718. The maximum Gasteiger partial charge on any atom is 0.328 e. The summed E-state index contributed by atoms with van der Waals surface area (Å²) in [5.74, 6) is -0.687. The zero-order valence-electron chi connectivity index (χ0n) is 16.1. The van der Waals surface area contributed by atoms with Crippen molar-refractivity contribution in [2.24, 2.45) is 0 Å². The summed E-state index contributed by atoms with van der Waals surface area (Å²) in [5, 5.41) is 5.06. The van der Waals surface area contributed by atoms with Crippen LogP contribution < -0.4 is 10.2 Å². The Kier molecular flexibility index (Phi) is 6.27. The van der Waals surface area contributed by atoms with E-state index in [9.17, 15) is 9.59 Å². The average molecular weight is 376 g/mol. The number of nitrogens with one attached hydrogen (secondary N) is 1. The number of amides is 1. The van der Waals surface area contributed by atoms with Crippen LogP contribution in [0, 0.1) is 0 Å². The zero-order chi connectivity index (χ0) is 19.9. The minimum absolute atomic E-state index is 0.140. The molecule has 1 N–H and O–H groups in total. The van der Waals surface area contributed by atoms with Gasteiger partial charge in [-0.1, -0.05) is 60.7 Å². The Morgan fingerprint density at radius 3 is 2.36 bits per heavy atom. The molecule has 0 unspecified atom stereocenters. The second-order valence-corrected chi connectivity index (χ2v) is 6.72. The van der Waals surface area contributed by atoms with E-state index in [1.807, 2.05) is 78.7 Å². The van der Waals surface area contributed by atoms with Gasteiger partial charge in [0.15, 0.2) is 0 Å². The summed E-state index contributed by atoms with van der Waals surface area (Å²) in [6, 6.07) is 23.0. The molecule has 3 aromatic rings. The van der Waals surface area contributed by atoms with Crippen molar-refractivity contribution in [3.8, 4) is 0 Å². The molecule has 144 valence electrons. The number of esters is 1. The predicted octanol–water partition coefficient (Wildman–Crippen LogP) is 3.18. The summed E-state index contributed by atoms with van der Waals surface area (Å²) in [6.45, 7) is 0.140. The van der Waals surface area contributed by atoms with Crippen LogP contribution in [0.1, 0.15) is 5.56 Å². The average Bonchev–Trinajstić information content (AvgIpc) is 2.73. The molecule has 0 fully saturated rings. The molecular formula is C23H24N2O3. The number of benzene rings is 3. The Balaban J connectivity index is 1.66. The molecule has 0 aliphatic heterocycles. The normalized spacial score (nSPS) is 11.6. The van der Waals surface area contributed by atoms with Crippen molar-refractivity contribution in [3.05, 3.63) is 78.4 Å². The highest BCUT2D eigenvalue weighted by molar-refractivity contribution is 5.89. The van der Waals surface area contributed by atoms with Gasteiger partial charge in [-0.15, -0.1) is 0 Å². The summed E-state index contributed by atoms with van der Waals surface area (Å²) in [7, 11) is 3.18. The van der Waals surface area contributed by atoms with E-state index >= 15 is 0 Å². The van der Waals surface area contributed by atoms with Crippen LogP contribution in [0.2, 0.25) is 0 Å². The number of likely N-dealkylation sites (N-methyl/N-ethyl adjacent to an activating group) is 1. The Labute approximate surface area is 164 Å². The first-order chi connectivity index (χ1) is 13.6. The number of hydrogen-bond donors (Lipinski definition) is 1. The van der Waals surface area contributed by atoms with Gasteiger partial charge in [0.25, 0.3) is 0 Å². The first-order valence-electron chi connectivity index (χ1n) is 9.18. The lowest BCUT2D eigenvalue weighted by Crippen LogP contribution is -2.46. The van der Waals surface area contributed by atoms with Crippen LogP contribution in [-0.2, 0) is 20.7 Å². The van der Waals surface area contributed by atoms with Crippen LogP contribution in [-0.4, -0.2) is 38.6 Å². The molecule has 28 heavy (non-hydrogen) atoms. The van der Waals surface area contributed by atoms with Gasteiger partial charge in [0, 0.05) is 19.2 Å². The highest BCUT2D eigenvalue weighted by Gasteiger charge is 2.22. The lowest BCUT2D eigenvalue weighted by atomic mass is 10.1. The van der Waals surface area contributed by atoms with Gasteiger partial charge in [-0.05, 0) is 28.5 Å². The second kappa shape index (κ2) is 9.04. The fourth-order valence-corrected chi connectivity index (χ4v) is 3.15. The molecule has 0 radical (unpaired) electrons. The molecule has 0 saturated carbocycles. The number of nitrogens with zero attached hydrogens (tertiary/aromatic N) is 1. The molecule has 0 bridgehead atoms. The van der Waals surface area contributed by atoms with Gasteiger partial charge in [0.05, 0.1) is 13.7 Å². The molecule has 0 spiro atoms. The quantitative estimate of drug-likeness (QED) is 0.644. The van der Waals surface area contributed by atoms with Crippen molar-refractivity contribution in [3.63, 3.8) is 0 Å². The maximum atomic E-state index is 12.6. The van der Waals surface area contributed by atoms with Crippen molar-refractivity contribution >= 4 is 28.3 Å². The number of rotatable bonds is 7. The minimum Gasteiger partial charge on any atom is -0.467 e. The van der Waals surface area contributed by atoms with Crippen LogP contribution in [0.5, 0.6) is 0 Å². The summed E-state index contributed by atoms with van der Waals surface area (Å²) >= 11 is 0. The smallest absolute Gasteiger partial charge is 0.328 e. The van der Waals surface area contributed by atoms with E-state index in [0.717, 1.165) is 22.0 Å². The Bertz CT molecular complexity index is 956. The maximum absolute atomic E-state index is 12.6. The molecule has 3 aromatic carbocycles. The number of carbonyl (C=O) groups excluding carboxylic acids is 2. The van der Waals surface area contributed by atoms with Gasteiger partial charge in [-0.2, -0.15) is 0 Å². The molecule has 5 heteroatoms. The van der Waals surface area contributed by atoms with E-state index in [1.54, 1.807) is 0 Å². The van der Waals surface area contributed by atoms with Crippen LogP contribution in [0.4, 0.5) is 5.69 Å². The lowest BCUT2D eigenvalue weighted by Gasteiger charge is -2.22. The third-order valence-electron chi connectivity index (χ3n) is 4.66. The molecule has 0 aliphatic rings. The molecule has 0 aliphatic carbocycles. The number of hydrogen-bond acceptors (Lipinski definition) is 4. The predicted molar refractivity (Wildman–Crippen MR) is 111 cm³/mol. The number of anilines is 1. The van der Waals surface area contributed by atoms with E-state index in [4.69, 9.17) is 4.74 Å². The van der Waals surface area contributed by atoms with Crippen LogP contribution in [0.25, 0.3) is 10.8 Å². The van der Waals surface area contributed by atoms with Crippen molar-refractivity contribution in [1.82, 2.24) is 5.32 Å². The molecule has 5 nitrogen and oxygen atoms in total. The topological polar surface area (TPSA) is 58.6 Å². The van der Waals surface area contributed by atoms with Crippen molar-refractivity contribution in [2.75, 3.05) is 25.6 Å². The van der Waals surface area contributed by atoms with E-state index < -0.39 is 12.0 Å². The van der Waals surface area contributed by atoms with E-state index in [2.05, 4.69) is 11.4 Å². The summed E-state index contributed by atoms with van der Waals surface area (Å²) in [5.41, 5.74) is 1.90. The Morgan fingerprint density at radius 1 is 0.964 bits per heavy atom. The summed E-state index contributed by atoms with van der Waals surface area (Å²) in [6.07, 6.45) is 0.388. The third-order valence-corrected chi connectivity index (χ3v) is 4.66. The molecule has 1 amide bonds. The molecule has 0 saturated heterocycles. The molecular weight excluding hydrogens is 352 g/mol. The number of carbonyl (C=O) groups is 2. The standard InChI is InChI=1S/C23H24N2O3/c1-25(20-13-12-18-10-6-7-11-19(18)15-20)16-22(26)24-21(23(27)28-2)14-17-8-4-3-5-9-17/h3-13,15,21H,14,16H2,1-2H3,(H,24,26)/t21-/m1/s1. The van der Waals surface area contributed by atoms with Gasteiger partial charge in [-0.25, -0.2) is 4.79 Å². The molecule has 1 atom stereocenters. The lowest BCUT2D eigenvalue weighted by molar-refractivity contribution is -0.144. The third kappa shape index (κ3) is 4.88. The zero-order valence-corrected chi connectivity index (χ0v) is 16.1. The Hall–Kier alpha value is -3.34. The van der Waals surface area contributed by atoms with Crippen LogP contribution in [0.15, 0.2) is 72.8 Å². The Morgan fingerprint density at radius 2 is 1.64 bits per heavy atom. The monoisotopic (exact) mass is 376 g/mol. The van der Waals surface area contributed by atoms with Gasteiger partial charge >= 0.3 is 5.97 Å². The largest absolute Gasteiger partial charge is 0.467 e. The summed E-state index contributed by atoms with van der Waals surface area (Å²) < 4.78 is 4.86. The van der Waals surface area contributed by atoms with Gasteiger partial charge in [0.2, 0.25) is 5.91 Å². The molecule has 0 aromatic heterocycles. The van der Waals surface area contributed by atoms with Crippen molar-refractivity contribution in [1.29, 1.82) is 0 Å². The highest BCUT2D eigenvalue weighted by Crippen LogP contribution is 2.21. The van der Waals surface area contributed by atoms with Gasteiger partial charge in [-0.3, -0.25) is 4.79 Å². The number of fused-ring (bicyclic) bond motifs is 1. The molecule has 0 heterocycles. The summed E-state index contributed by atoms with van der Waals surface area (Å²) in [4.78, 5) is 26.5. The first kappa shape index (κ1) is 19.4. The highest BCUT2D eigenvalue weighted by atomic mass is 16.5. The van der Waals surface area contributed by atoms with Crippen molar-refractivity contribution in [2.45, 2.75) is 12.5 Å². The number of methoxy groups -OCH3 is 1. The van der Waals surface area contributed by atoms with Crippen molar-refractivity contribution < 1.29 is 14.3 Å². The fraction of sp³-hybridized carbons (Fsp3) is 0.217. The first-order valence-corrected chi connectivity index (χ1v) is 9.18. The van der Waals surface area contributed by atoms with Gasteiger partial charge < -0.3 is 15.0 Å². The van der Waals surface area contributed by atoms with E-state index in [-0.39, 0.29) is 12.5 Å². The van der Waals surface area contributed by atoms with Crippen LogP contribution in [0.3, 0.4) is 0 Å².